The van der Waals surface area contributed by atoms with Gasteiger partial charge in [0.2, 0.25) is 5.82 Å². The van der Waals surface area contributed by atoms with Gasteiger partial charge in [-0.1, -0.05) is 6.07 Å². The Labute approximate surface area is 136 Å². The number of nitriles is 1. The smallest absolute Gasteiger partial charge is 0.319 e. The number of nitrogens with two attached hydrogens (primary N) is 1. The minimum atomic E-state index is -0.566. The Morgan fingerprint density at radius 3 is 2.79 bits per heavy atom. The van der Waals surface area contributed by atoms with Crippen molar-refractivity contribution in [1.29, 1.82) is 5.26 Å². The van der Waals surface area contributed by atoms with Crippen LogP contribution < -0.4 is 5.73 Å². The lowest BCUT2D eigenvalue weighted by Crippen LogP contribution is -2.00. The van der Waals surface area contributed by atoms with Crippen molar-refractivity contribution in [2.75, 3.05) is 5.73 Å². The maximum atomic E-state index is 11.2. The first-order chi connectivity index (χ1) is 11.6. The van der Waals surface area contributed by atoms with Crippen molar-refractivity contribution in [2.45, 2.75) is 6.42 Å². The third-order valence-corrected chi connectivity index (χ3v) is 3.36. The van der Waals surface area contributed by atoms with E-state index < -0.39 is 4.92 Å². The van der Waals surface area contributed by atoms with Gasteiger partial charge in [-0.15, -0.1) is 0 Å². The molecule has 9 heteroatoms. The number of nitrogen functional groups attached to an aromatic ring is 1. The van der Waals surface area contributed by atoms with E-state index in [2.05, 4.69) is 15.1 Å². The van der Waals surface area contributed by atoms with Gasteiger partial charge < -0.3 is 5.73 Å². The van der Waals surface area contributed by atoms with Crippen molar-refractivity contribution in [2.24, 2.45) is 0 Å². The fourth-order valence-electron chi connectivity index (χ4n) is 2.23. The first-order valence-electron chi connectivity index (χ1n) is 6.86. The summed E-state index contributed by atoms with van der Waals surface area (Å²) in [5.74, 6) is 0.386. The van der Waals surface area contributed by atoms with Crippen molar-refractivity contribution < 1.29 is 4.92 Å². The molecule has 0 spiro atoms. The first kappa shape index (κ1) is 15.1. The zero-order valence-electron chi connectivity index (χ0n) is 12.3. The molecule has 0 atom stereocenters. The molecule has 118 valence electrons. The molecule has 0 radical (unpaired) electrons. The molecule has 3 aromatic heterocycles. The van der Waals surface area contributed by atoms with Gasteiger partial charge in [-0.3, -0.25) is 10.1 Å². The molecule has 0 saturated heterocycles. The lowest BCUT2D eigenvalue weighted by Gasteiger charge is -2.02. The number of hydrogen-bond donors (Lipinski definition) is 1. The highest BCUT2D eigenvalue weighted by atomic mass is 16.6. The maximum Gasteiger partial charge on any atom is 0.319 e. The number of aromatic nitrogens is 4. The van der Waals surface area contributed by atoms with E-state index in [4.69, 9.17) is 11.0 Å². The molecular formula is C15H11N7O2. The molecule has 3 heterocycles. The molecule has 0 aliphatic rings. The summed E-state index contributed by atoms with van der Waals surface area (Å²) >= 11 is 0. The molecule has 9 nitrogen and oxygen atoms in total. The summed E-state index contributed by atoms with van der Waals surface area (Å²) in [6.07, 6.45) is 6.39. The van der Waals surface area contributed by atoms with Crippen LogP contribution in [0.1, 0.15) is 5.56 Å². The molecule has 0 bridgehead atoms. The van der Waals surface area contributed by atoms with Crippen LogP contribution in [0.3, 0.4) is 0 Å². The van der Waals surface area contributed by atoms with Gasteiger partial charge in [-0.2, -0.15) is 10.4 Å². The van der Waals surface area contributed by atoms with Crippen LogP contribution in [-0.4, -0.2) is 24.7 Å². The molecule has 0 saturated carbocycles. The maximum absolute atomic E-state index is 11.2. The Hall–Kier alpha value is -3.80. The zero-order valence-corrected chi connectivity index (χ0v) is 12.3. The summed E-state index contributed by atoms with van der Waals surface area (Å²) < 4.78 is 1.49. The average molecular weight is 321 g/mol. The van der Waals surface area contributed by atoms with Crippen molar-refractivity contribution in [3.05, 3.63) is 58.7 Å². The molecule has 0 aromatic carbocycles. The topological polar surface area (TPSA) is 137 Å². The van der Waals surface area contributed by atoms with Crippen LogP contribution in [0, 0.1) is 21.4 Å². The number of nitrogens with zero attached hydrogens (tertiary/aromatic N) is 6. The van der Waals surface area contributed by atoms with E-state index in [1.54, 1.807) is 24.5 Å². The quantitative estimate of drug-likeness (QED) is 0.572. The third-order valence-electron chi connectivity index (χ3n) is 3.36. The molecule has 24 heavy (non-hydrogen) atoms. The standard InChI is InChI=1S/C15H11N7O2/c16-5-3-10-1-2-13(19-7-10)21-9-11(8-20-21)12-4-6-18-15(17)14(12)22(23)24/h1-2,4,6-9H,3H2,(H2,17,18). The highest BCUT2D eigenvalue weighted by molar-refractivity contribution is 5.78. The minimum Gasteiger partial charge on any atom is -0.378 e. The molecule has 3 rings (SSSR count). The second kappa shape index (κ2) is 6.13. The van der Waals surface area contributed by atoms with Gasteiger partial charge in [0.05, 0.1) is 29.2 Å². The Kier molecular flexibility index (Phi) is 3.86. The van der Waals surface area contributed by atoms with E-state index in [9.17, 15) is 10.1 Å². The number of pyridine rings is 2. The highest BCUT2D eigenvalue weighted by Gasteiger charge is 2.21. The SMILES string of the molecule is N#CCc1ccc(-n2cc(-c3ccnc(N)c3[N+](=O)[O-])cn2)nc1. The van der Waals surface area contributed by atoms with Crippen LogP contribution in [0.25, 0.3) is 16.9 Å². The zero-order chi connectivity index (χ0) is 17.1. The van der Waals surface area contributed by atoms with Gasteiger partial charge in [0.1, 0.15) is 0 Å². The van der Waals surface area contributed by atoms with E-state index in [1.165, 1.54) is 23.1 Å². The molecule has 0 aliphatic heterocycles. The summed E-state index contributed by atoms with van der Waals surface area (Å²) in [6, 6.07) is 7.06. The molecule has 0 amide bonds. The molecule has 2 N–H and O–H groups in total. The van der Waals surface area contributed by atoms with Crippen molar-refractivity contribution in [3.8, 4) is 23.0 Å². The van der Waals surface area contributed by atoms with E-state index in [0.29, 0.717) is 16.9 Å². The third kappa shape index (κ3) is 2.76. The van der Waals surface area contributed by atoms with E-state index in [0.717, 1.165) is 5.56 Å². The Morgan fingerprint density at radius 1 is 1.29 bits per heavy atom. The fraction of sp³-hybridized carbons (Fsp3) is 0.0667. The fourth-order valence-corrected chi connectivity index (χ4v) is 2.23. The molecule has 3 aromatic rings. The average Bonchev–Trinajstić information content (AvgIpc) is 3.05. The number of anilines is 1. The summed E-state index contributed by atoms with van der Waals surface area (Å²) in [4.78, 5) is 18.6. The van der Waals surface area contributed by atoms with Gasteiger partial charge in [0.15, 0.2) is 5.82 Å². The van der Waals surface area contributed by atoms with Gasteiger partial charge in [0.25, 0.3) is 0 Å². The second-order valence-electron chi connectivity index (χ2n) is 4.88. The van der Waals surface area contributed by atoms with Crippen LogP contribution in [-0.2, 0) is 6.42 Å². The molecule has 0 aliphatic carbocycles. The number of nitro groups is 1. The van der Waals surface area contributed by atoms with Crippen LogP contribution >= 0.6 is 0 Å². The Balaban J connectivity index is 1.99. The summed E-state index contributed by atoms with van der Waals surface area (Å²) in [5, 5.41) is 24.0. The van der Waals surface area contributed by atoms with E-state index in [1.807, 2.05) is 6.07 Å². The minimum absolute atomic E-state index is 0.149. The Morgan fingerprint density at radius 2 is 2.12 bits per heavy atom. The van der Waals surface area contributed by atoms with Crippen LogP contribution in [0.15, 0.2) is 43.0 Å². The monoisotopic (exact) mass is 321 g/mol. The molecule has 0 unspecified atom stereocenters. The van der Waals surface area contributed by atoms with Crippen molar-refractivity contribution >= 4 is 11.5 Å². The van der Waals surface area contributed by atoms with Gasteiger partial charge in [0, 0.05) is 24.2 Å². The van der Waals surface area contributed by atoms with E-state index in [-0.39, 0.29) is 17.9 Å². The number of rotatable bonds is 4. The summed E-state index contributed by atoms with van der Waals surface area (Å²) in [5.41, 5.74) is 7.01. The predicted molar refractivity (Wildman–Crippen MR) is 85.0 cm³/mol. The molecular weight excluding hydrogens is 310 g/mol. The largest absolute Gasteiger partial charge is 0.378 e. The van der Waals surface area contributed by atoms with Crippen LogP contribution in [0.5, 0.6) is 0 Å². The highest BCUT2D eigenvalue weighted by Crippen LogP contribution is 2.32. The van der Waals surface area contributed by atoms with Crippen molar-refractivity contribution in [3.63, 3.8) is 0 Å². The van der Waals surface area contributed by atoms with E-state index >= 15 is 0 Å². The second-order valence-corrected chi connectivity index (χ2v) is 4.88. The molecule has 0 fully saturated rings. The normalized spacial score (nSPS) is 10.3. The number of hydrogen-bond acceptors (Lipinski definition) is 7. The van der Waals surface area contributed by atoms with Gasteiger partial charge in [-0.25, -0.2) is 14.6 Å². The lowest BCUT2D eigenvalue weighted by molar-refractivity contribution is -0.383. The van der Waals surface area contributed by atoms with Crippen molar-refractivity contribution in [1.82, 2.24) is 19.7 Å². The summed E-state index contributed by atoms with van der Waals surface area (Å²) in [7, 11) is 0. The Bertz CT molecular complexity index is 941. The predicted octanol–water partition coefficient (Wildman–Crippen LogP) is 1.89. The van der Waals surface area contributed by atoms with Gasteiger partial charge in [-0.05, 0) is 17.7 Å². The lowest BCUT2D eigenvalue weighted by atomic mass is 10.1. The van der Waals surface area contributed by atoms with Gasteiger partial charge >= 0.3 is 5.69 Å². The van der Waals surface area contributed by atoms with Crippen LogP contribution in [0.4, 0.5) is 11.5 Å². The summed E-state index contributed by atoms with van der Waals surface area (Å²) in [6.45, 7) is 0. The van der Waals surface area contributed by atoms with Crippen LogP contribution in [0.2, 0.25) is 0 Å². The first-order valence-corrected chi connectivity index (χ1v) is 6.86.